The molecule has 2 heterocycles. The normalized spacial score (nSPS) is 11.5. The fourth-order valence-electron chi connectivity index (χ4n) is 3.10. The summed E-state index contributed by atoms with van der Waals surface area (Å²) in [6.45, 7) is 0. The Balaban J connectivity index is 1.27. The summed E-state index contributed by atoms with van der Waals surface area (Å²) in [6.07, 6.45) is 5.51. The van der Waals surface area contributed by atoms with Gasteiger partial charge in [-0.05, 0) is 37.1 Å². The van der Waals surface area contributed by atoms with Gasteiger partial charge in [0, 0.05) is 23.6 Å². The Hall–Kier alpha value is -2.48. The fourth-order valence-corrected chi connectivity index (χ4v) is 3.10. The second-order valence-corrected chi connectivity index (χ2v) is 6.06. The van der Waals surface area contributed by atoms with Crippen LogP contribution in [0.25, 0.3) is 21.9 Å². The minimum absolute atomic E-state index is 0.991. The third-order valence-corrected chi connectivity index (χ3v) is 4.30. The maximum absolute atomic E-state index is 5.85. The summed E-state index contributed by atoms with van der Waals surface area (Å²) >= 11 is 0. The fraction of sp³-hybridized carbons (Fsp3) is 0.238. The Kier molecular flexibility index (Phi) is 3.89. The van der Waals surface area contributed by atoms with E-state index in [-0.39, 0.29) is 0 Å². The molecule has 0 unspecified atom stereocenters. The van der Waals surface area contributed by atoms with Crippen molar-refractivity contribution in [3.63, 3.8) is 0 Å². The Morgan fingerprint density at radius 2 is 1.04 bits per heavy atom. The molecule has 0 bridgehead atoms. The second kappa shape index (κ2) is 6.33. The van der Waals surface area contributed by atoms with Crippen LogP contribution in [0.4, 0.5) is 0 Å². The Labute approximate surface area is 135 Å². The molecule has 0 radical (unpaired) electrons. The zero-order valence-electron chi connectivity index (χ0n) is 13.1. The minimum Gasteiger partial charge on any atom is -0.461 e. The molecular formula is C21H20O2. The van der Waals surface area contributed by atoms with E-state index in [1.54, 1.807) is 0 Å². The molecule has 4 rings (SSSR count). The molecule has 0 fully saturated rings. The first-order valence-corrected chi connectivity index (χ1v) is 8.33. The van der Waals surface area contributed by atoms with E-state index < -0.39 is 0 Å². The molecule has 0 atom stereocenters. The van der Waals surface area contributed by atoms with Gasteiger partial charge in [-0.1, -0.05) is 42.8 Å². The van der Waals surface area contributed by atoms with Crippen molar-refractivity contribution >= 4 is 21.9 Å². The summed E-state index contributed by atoms with van der Waals surface area (Å²) in [7, 11) is 0. The van der Waals surface area contributed by atoms with E-state index in [9.17, 15) is 0 Å². The minimum atomic E-state index is 0.991. The lowest BCUT2D eigenvalue weighted by molar-refractivity contribution is 0.509. The van der Waals surface area contributed by atoms with Crippen LogP contribution in [0.2, 0.25) is 0 Å². The summed E-state index contributed by atoms with van der Waals surface area (Å²) in [6, 6.07) is 20.7. The zero-order valence-corrected chi connectivity index (χ0v) is 13.1. The maximum atomic E-state index is 5.85. The maximum Gasteiger partial charge on any atom is 0.134 e. The van der Waals surface area contributed by atoms with Crippen molar-refractivity contribution < 1.29 is 8.83 Å². The molecule has 0 N–H and O–H groups in total. The van der Waals surface area contributed by atoms with Crippen LogP contribution in [0.5, 0.6) is 0 Å². The third-order valence-electron chi connectivity index (χ3n) is 4.30. The smallest absolute Gasteiger partial charge is 0.134 e. The van der Waals surface area contributed by atoms with Gasteiger partial charge in [-0.15, -0.1) is 0 Å². The summed E-state index contributed by atoms with van der Waals surface area (Å²) in [5.74, 6) is 2.19. The molecule has 0 aliphatic carbocycles. The number of unbranched alkanes of at least 4 members (excludes halogenated alkanes) is 2. The quantitative estimate of drug-likeness (QED) is 0.400. The second-order valence-electron chi connectivity index (χ2n) is 6.06. The first-order chi connectivity index (χ1) is 11.4. The van der Waals surface area contributed by atoms with E-state index in [4.69, 9.17) is 8.83 Å². The summed E-state index contributed by atoms with van der Waals surface area (Å²) in [5.41, 5.74) is 1.98. The highest BCUT2D eigenvalue weighted by Crippen LogP contribution is 2.22. The highest BCUT2D eigenvalue weighted by Gasteiger charge is 2.04. The SMILES string of the molecule is c1ccc2oc(CCCCCc3cc4ccccc4o3)cc2c1. The monoisotopic (exact) mass is 304 g/mol. The van der Waals surface area contributed by atoms with E-state index in [0.717, 1.165) is 48.4 Å². The standard InChI is InChI=1S/C21H20O2/c1(2-10-18-14-16-8-4-6-12-20(16)22-18)3-11-19-15-17-9-5-7-13-21(17)23-19/h4-9,12-15H,1-3,10-11H2. The molecule has 0 amide bonds. The number of benzene rings is 2. The number of furan rings is 2. The molecule has 0 saturated carbocycles. The number of rotatable bonds is 6. The largest absolute Gasteiger partial charge is 0.461 e. The molecule has 0 aliphatic rings. The molecule has 0 aliphatic heterocycles. The van der Waals surface area contributed by atoms with E-state index in [1.165, 1.54) is 17.2 Å². The van der Waals surface area contributed by atoms with Gasteiger partial charge in [0.25, 0.3) is 0 Å². The summed E-state index contributed by atoms with van der Waals surface area (Å²) in [5, 5.41) is 2.40. The van der Waals surface area contributed by atoms with Crippen LogP contribution in [0.3, 0.4) is 0 Å². The number of aryl methyl sites for hydroxylation is 2. The van der Waals surface area contributed by atoms with E-state index in [0.29, 0.717) is 0 Å². The molecule has 116 valence electrons. The van der Waals surface area contributed by atoms with Gasteiger partial charge in [0.1, 0.15) is 22.7 Å². The lowest BCUT2D eigenvalue weighted by atomic mass is 10.1. The topological polar surface area (TPSA) is 26.3 Å². The van der Waals surface area contributed by atoms with E-state index in [1.807, 2.05) is 24.3 Å². The van der Waals surface area contributed by atoms with Crippen molar-refractivity contribution in [2.24, 2.45) is 0 Å². The van der Waals surface area contributed by atoms with Crippen LogP contribution in [0.15, 0.2) is 69.5 Å². The van der Waals surface area contributed by atoms with Gasteiger partial charge in [0.05, 0.1) is 0 Å². The molecule has 2 aromatic carbocycles. The summed E-state index contributed by atoms with van der Waals surface area (Å²) in [4.78, 5) is 0. The molecule has 0 spiro atoms. The highest BCUT2D eigenvalue weighted by molar-refractivity contribution is 5.78. The number of para-hydroxylation sites is 2. The average Bonchev–Trinajstić information content (AvgIpc) is 3.17. The molecule has 2 aromatic heterocycles. The lowest BCUT2D eigenvalue weighted by Gasteiger charge is -1.98. The summed E-state index contributed by atoms with van der Waals surface area (Å²) < 4.78 is 11.7. The molecular weight excluding hydrogens is 284 g/mol. The van der Waals surface area contributed by atoms with Gasteiger partial charge in [-0.3, -0.25) is 0 Å². The first kappa shape index (κ1) is 14.1. The van der Waals surface area contributed by atoms with Crippen molar-refractivity contribution in [1.29, 1.82) is 0 Å². The predicted octanol–water partition coefficient (Wildman–Crippen LogP) is 6.13. The van der Waals surface area contributed by atoms with E-state index in [2.05, 4.69) is 36.4 Å². The van der Waals surface area contributed by atoms with Gasteiger partial charge in [-0.2, -0.15) is 0 Å². The van der Waals surface area contributed by atoms with Crippen LogP contribution >= 0.6 is 0 Å². The Morgan fingerprint density at radius 1 is 0.565 bits per heavy atom. The van der Waals surface area contributed by atoms with Crippen molar-refractivity contribution in [3.05, 3.63) is 72.2 Å². The van der Waals surface area contributed by atoms with Gasteiger partial charge in [0.2, 0.25) is 0 Å². The molecule has 2 nitrogen and oxygen atoms in total. The first-order valence-electron chi connectivity index (χ1n) is 8.33. The zero-order chi connectivity index (χ0) is 15.5. The third kappa shape index (κ3) is 3.16. The lowest BCUT2D eigenvalue weighted by Crippen LogP contribution is -1.86. The van der Waals surface area contributed by atoms with Crippen LogP contribution in [0, 0.1) is 0 Å². The van der Waals surface area contributed by atoms with Gasteiger partial charge >= 0.3 is 0 Å². The van der Waals surface area contributed by atoms with Gasteiger partial charge in [-0.25, -0.2) is 0 Å². The molecule has 4 aromatic rings. The van der Waals surface area contributed by atoms with Crippen LogP contribution < -0.4 is 0 Å². The highest BCUT2D eigenvalue weighted by atomic mass is 16.3. The molecule has 0 saturated heterocycles. The number of fused-ring (bicyclic) bond motifs is 2. The van der Waals surface area contributed by atoms with Crippen LogP contribution in [0.1, 0.15) is 30.8 Å². The average molecular weight is 304 g/mol. The molecule has 23 heavy (non-hydrogen) atoms. The van der Waals surface area contributed by atoms with Crippen LogP contribution in [-0.4, -0.2) is 0 Å². The van der Waals surface area contributed by atoms with Crippen molar-refractivity contribution in [3.8, 4) is 0 Å². The van der Waals surface area contributed by atoms with E-state index >= 15 is 0 Å². The Morgan fingerprint density at radius 3 is 1.52 bits per heavy atom. The van der Waals surface area contributed by atoms with Crippen molar-refractivity contribution in [2.75, 3.05) is 0 Å². The predicted molar refractivity (Wildman–Crippen MR) is 93.7 cm³/mol. The van der Waals surface area contributed by atoms with Gasteiger partial charge in [0.15, 0.2) is 0 Å². The van der Waals surface area contributed by atoms with Crippen LogP contribution in [-0.2, 0) is 12.8 Å². The number of hydrogen-bond acceptors (Lipinski definition) is 2. The number of hydrogen-bond donors (Lipinski definition) is 0. The molecule has 2 heteroatoms. The van der Waals surface area contributed by atoms with Gasteiger partial charge < -0.3 is 8.83 Å². The Bertz CT molecular complexity index is 772. The van der Waals surface area contributed by atoms with Crippen molar-refractivity contribution in [1.82, 2.24) is 0 Å². The van der Waals surface area contributed by atoms with Crippen molar-refractivity contribution in [2.45, 2.75) is 32.1 Å².